The van der Waals surface area contributed by atoms with Crippen LogP contribution in [0.25, 0.3) is 22.3 Å². The average molecular weight is 1250 g/mol. The summed E-state index contributed by atoms with van der Waals surface area (Å²) in [5.41, 5.74) is 2.54. The van der Waals surface area contributed by atoms with Crippen LogP contribution in [0.1, 0.15) is 64.4 Å². The molecule has 2 atom stereocenters. The molecule has 79 heavy (non-hydrogen) atoms. The summed E-state index contributed by atoms with van der Waals surface area (Å²) in [6, 6.07) is 13.1. The normalized spacial score (nSPS) is 14.8. The van der Waals surface area contributed by atoms with E-state index in [1.54, 1.807) is 54.0 Å². The van der Waals surface area contributed by atoms with Crippen molar-refractivity contribution in [3.63, 3.8) is 0 Å². The van der Waals surface area contributed by atoms with E-state index in [4.69, 9.17) is 46.0 Å². The first kappa shape index (κ1) is 59.8. The molecule has 0 saturated carbocycles. The third-order valence-electron chi connectivity index (χ3n) is 12.9. The molecule has 0 unspecified atom stereocenters. The number of carbonyl (C=O) groups excluding carboxylic acids is 7. The van der Waals surface area contributed by atoms with Crippen LogP contribution in [0.2, 0.25) is 0 Å². The van der Waals surface area contributed by atoms with Gasteiger partial charge in [0.1, 0.15) is 26.0 Å². The molecule has 7 N–H and O–H groups in total. The Morgan fingerprint density at radius 3 is 2.28 bits per heavy atom. The minimum absolute atomic E-state index is 0. The number of cyclic esters (lactones) is 1. The summed E-state index contributed by atoms with van der Waals surface area (Å²) in [6.07, 6.45) is 4.52. The van der Waals surface area contributed by atoms with Gasteiger partial charge in [-0.1, -0.05) is 37.3 Å². The number of unbranched alkanes of at least 4 members (excludes halogenated alkanes) is 1. The summed E-state index contributed by atoms with van der Waals surface area (Å²) < 4.78 is 34.5. The van der Waals surface area contributed by atoms with E-state index in [-0.39, 0.29) is 151 Å². The number of fused-ring (bicyclic) bond motifs is 6. The smallest absolute Gasteiger partial charge is 0.343 e. The van der Waals surface area contributed by atoms with Gasteiger partial charge in [-0.15, -0.1) is 0 Å². The zero-order valence-electron chi connectivity index (χ0n) is 42.8. The molecule has 0 aliphatic carbocycles. The third-order valence-corrected chi connectivity index (χ3v) is 13.1. The number of carbonyl (C=O) groups is 7. The van der Waals surface area contributed by atoms with Gasteiger partial charge in [0, 0.05) is 98.3 Å². The minimum atomic E-state index is -1.97. The van der Waals surface area contributed by atoms with Gasteiger partial charge in [0.2, 0.25) is 36.3 Å². The number of aliphatic hydroxyl groups is 1. The molecule has 27 heteroatoms. The molecule has 3 aliphatic heterocycles. The Bertz CT molecular complexity index is 3130. The molecule has 0 spiro atoms. The van der Waals surface area contributed by atoms with Crippen molar-refractivity contribution in [2.24, 2.45) is 0 Å². The van der Waals surface area contributed by atoms with Crippen LogP contribution in [-0.4, -0.2) is 145 Å². The van der Waals surface area contributed by atoms with Gasteiger partial charge < -0.3 is 82.6 Å². The van der Waals surface area contributed by atoms with Gasteiger partial charge in [0.15, 0.2) is 17.1 Å². The molecule has 25 nitrogen and oxygen atoms in total. The molecule has 421 valence electrons. The monoisotopic (exact) mass is 1250 g/mol. The standard InChI is InChI=1S/C52H58N10O15S.Tb/c1-2-52(71)36-18-39-46-34(25-62(39)49(69)35(36)26-75-50(52)70)32(33-17-40-41(77-29-76-40)19-37(33)61-46)10-6-7-12-74-28-59-43(64)23-56-48(68)38(16-30-8-4-3-5-9-30)60-44(65)24-54-42(63)22-55-45(66)27-73-15-14-72-13-11-53-47(67)31-20-57-51(78)58-21-31;/h3-5,8-9,17-21,38,71H,2,6-7,10-16,22-29H2,1H3,(H,53,67)(H,54,63)(H,55,66)(H,56,68)(H,59,64)(H,60,65)(H,57,58,78);/p-1/t38-,52-;/m0./s1. The first-order valence-corrected chi connectivity index (χ1v) is 25.5. The van der Waals surface area contributed by atoms with E-state index in [1.165, 1.54) is 12.4 Å². The fourth-order valence-electron chi connectivity index (χ4n) is 8.83. The summed E-state index contributed by atoms with van der Waals surface area (Å²) in [7, 11) is 0. The van der Waals surface area contributed by atoms with Crippen LogP contribution in [0.4, 0.5) is 0 Å². The van der Waals surface area contributed by atoms with Crippen molar-refractivity contribution in [1.29, 1.82) is 0 Å². The SMILES string of the molecule is CC[C@@]1(O)C(=O)OCc2c1cc1n(c2=O)Cc2c-1nc1cc3c(cc1c2CCCCOCNC(=O)CNC(=O)[C@H](Cc1ccccc1)NC(=O)CNC(=O)CNC(=O)COCCOCCNC(=O)c1cnc([S-])nc1)OCO3.[Tb]. The van der Waals surface area contributed by atoms with Crippen molar-refractivity contribution >= 4 is 64.9 Å². The predicted octanol–water partition coefficient (Wildman–Crippen LogP) is -0.544. The number of benzene rings is 2. The second kappa shape index (κ2) is 28.3. The first-order chi connectivity index (χ1) is 37.7. The van der Waals surface area contributed by atoms with E-state index >= 15 is 0 Å². The maximum atomic E-state index is 13.9. The van der Waals surface area contributed by atoms with Crippen LogP contribution in [0.15, 0.2) is 70.9 Å². The van der Waals surface area contributed by atoms with Gasteiger partial charge >= 0.3 is 5.97 Å². The first-order valence-electron chi connectivity index (χ1n) is 25.1. The Morgan fingerprint density at radius 2 is 1.51 bits per heavy atom. The van der Waals surface area contributed by atoms with Crippen molar-refractivity contribution < 1.29 is 106 Å². The molecule has 6 heterocycles. The van der Waals surface area contributed by atoms with Crippen LogP contribution in [0.5, 0.6) is 11.5 Å². The Labute approximate surface area is 488 Å². The number of amides is 6. The zero-order chi connectivity index (χ0) is 55.2. The van der Waals surface area contributed by atoms with Gasteiger partial charge in [-0.3, -0.25) is 43.5 Å². The Kier molecular flexibility index (Phi) is 21.4. The molecule has 3 aromatic heterocycles. The third kappa shape index (κ3) is 15.3. The number of hydrogen-bond donors (Lipinski definition) is 7. The summed E-state index contributed by atoms with van der Waals surface area (Å²) >= 11 is 4.80. The van der Waals surface area contributed by atoms with Crippen LogP contribution in [0, 0.1) is 38.6 Å². The second-order valence-electron chi connectivity index (χ2n) is 18.1. The molecule has 1 radical (unpaired) electrons. The Morgan fingerprint density at radius 1 is 0.797 bits per heavy atom. The van der Waals surface area contributed by atoms with Gasteiger partial charge in [0.25, 0.3) is 11.5 Å². The number of aryl methyl sites for hydroxylation is 1. The average Bonchev–Trinajstić information content (AvgIpc) is 4.27. The number of aromatic nitrogens is 4. The number of rotatable bonds is 27. The molecule has 3 aliphatic rings. The zero-order valence-corrected chi connectivity index (χ0v) is 45.7. The van der Waals surface area contributed by atoms with Crippen LogP contribution in [0.3, 0.4) is 0 Å². The minimum Gasteiger partial charge on any atom is -0.740 e. The van der Waals surface area contributed by atoms with Crippen molar-refractivity contribution in [1.82, 2.24) is 51.4 Å². The molecule has 0 fully saturated rings. The van der Waals surface area contributed by atoms with Gasteiger partial charge in [-0.25, -0.2) is 9.78 Å². The van der Waals surface area contributed by atoms with Gasteiger partial charge in [0.05, 0.1) is 74.0 Å². The topological polar surface area (TPSA) is 328 Å². The molecule has 5 aromatic rings. The number of nitrogens with one attached hydrogen (secondary N) is 6. The fourth-order valence-corrected chi connectivity index (χ4v) is 8.94. The Balaban J connectivity index is 0.00000903. The van der Waals surface area contributed by atoms with E-state index in [9.17, 15) is 43.5 Å². The summed E-state index contributed by atoms with van der Waals surface area (Å²) in [6.45, 7) is 0.665. The van der Waals surface area contributed by atoms with Crippen LogP contribution >= 0.6 is 0 Å². The quantitative estimate of drug-likeness (QED) is 0.0112. The van der Waals surface area contributed by atoms with E-state index in [2.05, 4.69) is 41.9 Å². The van der Waals surface area contributed by atoms with Crippen molar-refractivity contribution in [3.8, 4) is 22.9 Å². The van der Waals surface area contributed by atoms with Crippen LogP contribution in [-0.2, 0) is 91.9 Å². The van der Waals surface area contributed by atoms with Crippen LogP contribution < -0.4 is 46.9 Å². The maximum absolute atomic E-state index is 13.9. The molecular formula is C52H57N10O15STb-. The van der Waals surface area contributed by atoms with Crippen molar-refractivity contribution in [3.05, 3.63) is 105 Å². The summed E-state index contributed by atoms with van der Waals surface area (Å²) in [5, 5.41) is 27.5. The summed E-state index contributed by atoms with van der Waals surface area (Å²) in [4.78, 5) is 115. The van der Waals surface area contributed by atoms with Crippen molar-refractivity contribution in [2.75, 3.05) is 72.7 Å². The number of ether oxygens (including phenoxy) is 6. The molecule has 2 aromatic carbocycles. The fraction of sp³-hybridized carbons (Fsp3) is 0.404. The molecule has 0 bridgehead atoms. The largest absolute Gasteiger partial charge is 0.740 e. The molecule has 6 amide bonds. The van der Waals surface area contributed by atoms with E-state index in [0.29, 0.717) is 47.7 Å². The second-order valence-corrected chi connectivity index (χ2v) is 18.5. The predicted molar refractivity (Wildman–Crippen MR) is 275 cm³/mol. The molecule has 0 saturated heterocycles. The van der Waals surface area contributed by atoms with E-state index in [0.717, 1.165) is 22.1 Å². The Hall–Kier alpha value is -6.88. The van der Waals surface area contributed by atoms with E-state index in [1.807, 2.05) is 6.07 Å². The maximum Gasteiger partial charge on any atom is 0.343 e. The van der Waals surface area contributed by atoms with E-state index < -0.39 is 66.8 Å². The molecular weight excluding hydrogens is 1200 g/mol. The number of hydrogen-bond acceptors (Lipinski definition) is 19. The van der Waals surface area contributed by atoms with Gasteiger partial charge in [-0.05, 0) is 48.9 Å². The van der Waals surface area contributed by atoms with Gasteiger partial charge in [-0.2, -0.15) is 0 Å². The van der Waals surface area contributed by atoms with Crippen molar-refractivity contribution in [2.45, 2.75) is 69.0 Å². The molecule has 8 rings (SSSR count). The number of esters is 1. The number of pyridine rings is 2. The summed E-state index contributed by atoms with van der Waals surface area (Å²) in [5.74, 6) is -3.24. The number of nitrogens with zero attached hydrogens (tertiary/aromatic N) is 4.